The lowest BCUT2D eigenvalue weighted by Crippen LogP contribution is -2.01. The zero-order chi connectivity index (χ0) is 17.9. The summed E-state index contributed by atoms with van der Waals surface area (Å²) >= 11 is 0. The third kappa shape index (κ3) is 4.96. The summed E-state index contributed by atoms with van der Waals surface area (Å²) in [6.45, 7) is 7.64. The highest BCUT2D eigenvalue weighted by Crippen LogP contribution is 2.36. The highest BCUT2D eigenvalue weighted by Gasteiger charge is 2.12. The summed E-state index contributed by atoms with van der Waals surface area (Å²) in [6, 6.07) is 10.1. The number of phenolic OH excluding ortho intramolecular Hbond substituents is 1. The van der Waals surface area contributed by atoms with Gasteiger partial charge in [0.1, 0.15) is 5.75 Å². The molecule has 0 amide bonds. The van der Waals surface area contributed by atoms with E-state index >= 15 is 0 Å². The number of rotatable bonds is 6. The molecule has 0 saturated carbocycles. The van der Waals surface area contributed by atoms with Crippen LogP contribution in [0.3, 0.4) is 0 Å². The number of aromatic hydroxyl groups is 1. The fourth-order valence-electron chi connectivity index (χ4n) is 3.08. The van der Waals surface area contributed by atoms with Gasteiger partial charge in [-0.2, -0.15) is 0 Å². The zero-order valence-electron chi connectivity index (χ0n) is 15.0. The number of benzene rings is 2. The van der Waals surface area contributed by atoms with Crippen molar-refractivity contribution in [1.82, 2.24) is 0 Å². The largest absolute Gasteiger partial charge is 0.508 e. The Morgan fingerprint density at radius 3 is 2.21 bits per heavy atom. The molecule has 1 atom stereocenters. The van der Waals surface area contributed by atoms with Crippen molar-refractivity contribution in [3.63, 3.8) is 0 Å². The molecule has 0 spiro atoms. The summed E-state index contributed by atoms with van der Waals surface area (Å²) in [6.07, 6.45) is 2.60. The standard InChI is InChI=1S/C20H27O3P/c1-5-18-12-16(6-7-20(18)21)13-19-14(2)10-17(11-15(19)3)8-9-24(4,22)23/h6-7,10-12,21H,5,8-9,13H2,1-4H3,(H,22,23). The molecule has 2 aromatic rings. The Bertz CT molecular complexity index is 751. The Balaban J connectivity index is 2.24. The lowest BCUT2D eigenvalue weighted by atomic mass is 9.92. The third-order valence-corrected chi connectivity index (χ3v) is 5.53. The van der Waals surface area contributed by atoms with Crippen LogP contribution in [0.2, 0.25) is 0 Å². The monoisotopic (exact) mass is 346 g/mol. The first-order chi connectivity index (χ1) is 11.2. The Morgan fingerprint density at radius 2 is 1.67 bits per heavy atom. The summed E-state index contributed by atoms with van der Waals surface area (Å²) in [4.78, 5) is 9.47. The van der Waals surface area contributed by atoms with E-state index in [0.717, 1.165) is 24.0 Å². The Kier molecular flexibility index (Phi) is 5.90. The SMILES string of the molecule is CCc1cc(Cc2c(C)cc(CCP(C)(=O)O)cc2C)ccc1O. The van der Waals surface area contributed by atoms with Crippen molar-refractivity contribution >= 4 is 7.37 Å². The van der Waals surface area contributed by atoms with Crippen molar-refractivity contribution in [2.75, 3.05) is 12.8 Å². The molecule has 24 heavy (non-hydrogen) atoms. The molecule has 3 nitrogen and oxygen atoms in total. The quantitative estimate of drug-likeness (QED) is 0.751. The van der Waals surface area contributed by atoms with Crippen LogP contribution in [0.5, 0.6) is 5.75 Å². The number of phenols is 1. The van der Waals surface area contributed by atoms with Gasteiger partial charge in [0.05, 0.1) is 0 Å². The van der Waals surface area contributed by atoms with Crippen molar-refractivity contribution in [3.8, 4) is 5.75 Å². The van der Waals surface area contributed by atoms with E-state index in [1.807, 2.05) is 13.0 Å². The molecule has 0 saturated heterocycles. The first-order valence-corrected chi connectivity index (χ1v) is 10.7. The van der Waals surface area contributed by atoms with E-state index in [4.69, 9.17) is 0 Å². The smallest absolute Gasteiger partial charge is 0.197 e. The molecule has 2 rings (SSSR count). The predicted molar refractivity (Wildman–Crippen MR) is 101 cm³/mol. The van der Waals surface area contributed by atoms with Crippen molar-refractivity contribution in [3.05, 3.63) is 63.7 Å². The molecule has 1 unspecified atom stereocenters. The summed E-state index contributed by atoms with van der Waals surface area (Å²) in [5, 5.41) is 9.83. The molecule has 0 aliphatic carbocycles. The first-order valence-electron chi connectivity index (χ1n) is 8.38. The summed E-state index contributed by atoms with van der Waals surface area (Å²) in [7, 11) is -2.97. The zero-order valence-corrected chi connectivity index (χ0v) is 15.9. The minimum atomic E-state index is -2.97. The topological polar surface area (TPSA) is 57.5 Å². The molecular weight excluding hydrogens is 319 g/mol. The third-order valence-electron chi connectivity index (χ3n) is 4.48. The van der Waals surface area contributed by atoms with Crippen LogP contribution >= 0.6 is 7.37 Å². The van der Waals surface area contributed by atoms with Gasteiger partial charge in [-0.05, 0) is 72.6 Å². The highest BCUT2D eigenvalue weighted by atomic mass is 31.2. The van der Waals surface area contributed by atoms with Crippen LogP contribution in [0.4, 0.5) is 0 Å². The summed E-state index contributed by atoms with van der Waals surface area (Å²) in [5.74, 6) is 0.359. The minimum Gasteiger partial charge on any atom is -0.508 e. The fourth-order valence-corrected chi connectivity index (χ4v) is 3.75. The van der Waals surface area contributed by atoms with Gasteiger partial charge < -0.3 is 10.00 Å². The predicted octanol–water partition coefficient (Wildman–Crippen LogP) is 4.60. The highest BCUT2D eigenvalue weighted by molar-refractivity contribution is 7.57. The summed E-state index contributed by atoms with van der Waals surface area (Å²) < 4.78 is 11.5. The fraction of sp³-hybridized carbons (Fsp3) is 0.400. The molecule has 130 valence electrons. The second-order valence-corrected chi connectivity index (χ2v) is 9.28. The molecule has 4 heteroatoms. The lowest BCUT2D eigenvalue weighted by Gasteiger charge is -2.14. The van der Waals surface area contributed by atoms with E-state index in [9.17, 15) is 14.6 Å². The molecule has 0 radical (unpaired) electrons. The van der Waals surface area contributed by atoms with Gasteiger partial charge in [0.25, 0.3) is 0 Å². The van der Waals surface area contributed by atoms with Gasteiger partial charge in [-0.1, -0.05) is 31.2 Å². The normalized spacial score (nSPS) is 13.7. The Hall–Kier alpha value is -1.57. The average Bonchev–Trinajstić information content (AvgIpc) is 2.49. The molecule has 2 aromatic carbocycles. The maximum Gasteiger partial charge on any atom is 0.197 e. The molecule has 0 bridgehead atoms. The number of hydrogen-bond acceptors (Lipinski definition) is 2. The van der Waals surface area contributed by atoms with Crippen LogP contribution in [-0.2, 0) is 23.8 Å². The molecule has 0 aliphatic rings. The maximum atomic E-state index is 11.5. The molecule has 0 heterocycles. The first kappa shape index (κ1) is 18.8. The number of hydrogen-bond donors (Lipinski definition) is 2. The number of aryl methyl sites for hydroxylation is 4. The molecule has 0 aromatic heterocycles. The van der Waals surface area contributed by atoms with Crippen molar-refractivity contribution in [2.24, 2.45) is 0 Å². The van der Waals surface area contributed by atoms with E-state index in [2.05, 4.69) is 32.0 Å². The van der Waals surface area contributed by atoms with Gasteiger partial charge in [-0.15, -0.1) is 0 Å². The van der Waals surface area contributed by atoms with Crippen LogP contribution in [0.25, 0.3) is 0 Å². The van der Waals surface area contributed by atoms with E-state index in [1.54, 1.807) is 6.07 Å². The van der Waals surface area contributed by atoms with E-state index < -0.39 is 7.37 Å². The van der Waals surface area contributed by atoms with Crippen molar-refractivity contribution in [1.29, 1.82) is 0 Å². The van der Waals surface area contributed by atoms with Gasteiger partial charge in [-0.3, -0.25) is 4.57 Å². The molecule has 2 N–H and O–H groups in total. The van der Waals surface area contributed by atoms with Crippen molar-refractivity contribution < 1.29 is 14.6 Å². The molecular formula is C20H27O3P. The van der Waals surface area contributed by atoms with Gasteiger partial charge in [-0.25, -0.2) is 0 Å². The maximum absolute atomic E-state index is 11.5. The van der Waals surface area contributed by atoms with Gasteiger partial charge in [0.2, 0.25) is 0 Å². The Labute approximate surface area is 144 Å². The van der Waals surface area contributed by atoms with Crippen LogP contribution in [0.1, 0.15) is 40.3 Å². The second kappa shape index (κ2) is 7.55. The Morgan fingerprint density at radius 1 is 1.04 bits per heavy atom. The van der Waals surface area contributed by atoms with E-state index in [-0.39, 0.29) is 0 Å². The van der Waals surface area contributed by atoms with E-state index in [1.165, 1.54) is 28.9 Å². The lowest BCUT2D eigenvalue weighted by molar-refractivity contribution is 0.468. The molecule has 0 aliphatic heterocycles. The summed E-state index contributed by atoms with van der Waals surface area (Å²) in [5.41, 5.74) is 6.98. The van der Waals surface area contributed by atoms with Crippen LogP contribution in [0, 0.1) is 13.8 Å². The minimum absolute atomic E-state index is 0.322. The van der Waals surface area contributed by atoms with Crippen LogP contribution < -0.4 is 0 Å². The van der Waals surface area contributed by atoms with Crippen LogP contribution in [0.15, 0.2) is 30.3 Å². The van der Waals surface area contributed by atoms with Gasteiger partial charge >= 0.3 is 0 Å². The van der Waals surface area contributed by atoms with Gasteiger partial charge in [0, 0.05) is 12.8 Å². The average molecular weight is 346 g/mol. The van der Waals surface area contributed by atoms with Gasteiger partial charge in [0.15, 0.2) is 7.37 Å². The molecule has 0 fully saturated rings. The second-order valence-electron chi connectivity index (χ2n) is 6.73. The van der Waals surface area contributed by atoms with Crippen LogP contribution in [-0.4, -0.2) is 22.8 Å². The van der Waals surface area contributed by atoms with E-state index in [0.29, 0.717) is 18.3 Å². The van der Waals surface area contributed by atoms with Crippen molar-refractivity contribution in [2.45, 2.75) is 40.0 Å².